The minimum atomic E-state index is -1.06. The van der Waals surface area contributed by atoms with E-state index in [0.29, 0.717) is 34.6 Å². The second kappa shape index (κ2) is 12.0. The molecule has 1 heterocycles. The summed E-state index contributed by atoms with van der Waals surface area (Å²) >= 11 is 0. The minimum Gasteiger partial charge on any atom is -0.478 e. The molecule has 1 N–H and O–H groups in total. The number of esters is 1. The van der Waals surface area contributed by atoms with Crippen molar-refractivity contribution in [3.63, 3.8) is 0 Å². The molecule has 2 aliphatic rings. The molecule has 210 valence electrons. The average Bonchev–Trinajstić information content (AvgIpc) is 2.94. The normalized spacial score (nSPS) is 16.5. The summed E-state index contributed by atoms with van der Waals surface area (Å²) in [5.41, 5.74) is 5.05. The lowest BCUT2D eigenvalue weighted by Crippen LogP contribution is -2.34. The van der Waals surface area contributed by atoms with Crippen LogP contribution in [0.4, 0.5) is 5.69 Å². The van der Waals surface area contributed by atoms with Crippen LogP contribution in [-0.2, 0) is 9.53 Å². The number of anilines is 1. The number of carboxylic acids is 1. The van der Waals surface area contributed by atoms with Crippen molar-refractivity contribution in [1.82, 2.24) is 4.90 Å². The van der Waals surface area contributed by atoms with E-state index in [1.807, 2.05) is 62.3 Å². The number of nitrogens with zero attached hydrogens (tertiary/aromatic N) is 2. The lowest BCUT2D eigenvalue weighted by Gasteiger charge is -2.32. The van der Waals surface area contributed by atoms with Crippen LogP contribution in [0.2, 0.25) is 0 Å². The van der Waals surface area contributed by atoms with Crippen molar-refractivity contribution in [3.05, 3.63) is 100 Å². The number of hydrogen-bond donors (Lipinski definition) is 1. The highest BCUT2D eigenvalue weighted by atomic mass is 16.5. The van der Waals surface area contributed by atoms with E-state index in [0.717, 1.165) is 35.5 Å². The van der Waals surface area contributed by atoms with Crippen molar-refractivity contribution < 1.29 is 24.2 Å². The van der Waals surface area contributed by atoms with E-state index >= 15 is 0 Å². The summed E-state index contributed by atoms with van der Waals surface area (Å²) in [5.74, 6) is -0.180. The average molecular weight is 543 g/mol. The molecule has 0 fully saturated rings. The fraction of sp³-hybridized carbons (Fsp3) is 0.333. The Kier molecular flexibility index (Phi) is 8.64. The second-order valence-electron chi connectivity index (χ2n) is 10.3. The Balaban J connectivity index is 1.91. The highest BCUT2D eigenvalue weighted by Gasteiger charge is 2.31. The maximum absolute atomic E-state index is 12.7. The van der Waals surface area contributed by atoms with Crippen molar-refractivity contribution in [2.75, 3.05) is 32.1 Å². The number of fused-ring (bicyclic) bond motifs is 2. The van der Waals surface area contributed by atoms with Crippen LogP contribution in [0.3, 0.4) is 0 Å². The molecule has 4 rings (SSSR count). The maximum atomic E-state index is 12.7. The number of likely N-dealkylation sites (N-methyl/N-ethyl adjacent to an activating group) is 1. The van der Waals surface area contributed by atoms with Crippen LogP contribution in [0, 0.1) is 0 Å². The number of carbonyl (C=O) groups is 2. The van der Waals surface area contributed by atoms with Gasteiger partial charge in [0.05, 0.1) is 11.6 Å². The molecule has 0 saturated carbocycles. The predicted octanol–water partition coefficient (Wildman–Crippen LogP) is 6.38. The molecule has 0 spiro atoms. The van der Waals surface area contributed by atoms with Gasteiger partial charge in [-0.1, -0.05) is 51.6 Å². The van der Waals surface area contributed by atoms with Gasteiger partial charge in [-0.25, -0.2) is 9.59 Å². The largest absolute Gasteiger partial charge is 0.478 e. The van der Waals surface area contributed by atoms with Gasteiger partial charge in [0.15, 0.2) is 0 Å². The van der Waals surface area contributed by atoms with Gasteiger partial charge >= 0.3 is 11.9 Å². The van der Waals surface area contributed by atoms with Gasteiger partial charge in [-0.2, -0.15) is 0 Å². The van der Waals surface area contributed by atoms with E-state index in [9.17, 15) is 14.7 Å². The van der Waals surface area contributed by atoms with Crippen LogP contribution in [0.15, 0.2) is 78.1 Å². The second-order valence-corrected chi connectivity index (χ2v) is 10.3. The quantitative estimate of drug-likeness (QED) is 0.276. The van der Waals surface area contributed by atoms with Crippen LogP contribution in [-0.4, -0.2) is 55.2 Å². The van der Waals surface area contributed by atoms with Gasteiger partial charge in [-0.05, 0) is 61.8 Å². The lowest BCUT2D eigenvalue weighted by molar-refractivity contribution is -0.144. The third kappa shape index (κ3) is 5.61. The van der Waals surface area contributed by atoms with Gasteiger partial charge in [0.2, 0.25) is 0 Å². The zero-order valence-electron chi connectivity index (χ0n) is 24.2. The van der Waals surface area contributed by atoms with Crippen LogP contribution < -0.4 is 9.64 Å². The fourth-order valence-corrected chi connectivity index (χ4v) is 5.15. The number of carboxylic acid groups (broad SMARTS) is 1. The van der Waals surface area contributed by atoms with Gasteiger partial charge in [-0.15, -0.1) is 0 Å². The lowest BCUT2D eigenvalue weighted by atomic mass is 9.84. The molecule has 2 unspecified atom stereocenters. The maximum Gasteiger partial charge on any atom is 0.336 e. The van der Waals surface area contributed by atoms with Crippen LogP contribution in [0.1, 0.15) is 67.3 Å². The first-order valence-electron chi connectivity index (χ1n) is 13.7. The van der Waals surface area contributed by atoms with Gasteiger partial charge < -0.3 is 19.5 Å². The van der Waals surface area contributed by atoms with E-state index in [1.165, 1.54) is 0 Å². The number of benzene rings is 2. The number of ether oxygens (including phenoxy) is 2. The Labute approximate surface area is 236 Å². The van der Waals surface area contributed by atoms with Crippen LogP contribution in [0.5, 0.6) is 5.75 Å². The number of aromatic carboxylic acids is 1. The Morgan fingerprint density at radius 3 is 2.38 bits per heavy atom. The van der Waals surface area contributed by atoms with E-state index in [1.54, 1.807) is 13.0 Å². The van der Waals surface area contributed by atoms with Crippen LogP contribution in [0.25, 0.3) is 5.57 Å². The zero-order valence-corrected chi connectivity index (χ0v) is 24.2. The summed E-state index contributed by atoms with van der Waals surface area (Å²) in [7, 11) is 3.94. The highest BCUT2D eigenvalue weighted by molar-refractivity contribution is 6.01. The molecule has 0 amide bonds. The molecule has 0 saturated heterocycles. The Morgan fingerprint density at radius 2 is 1.77 bits per heavy atom. The Hall–Kier alpha value is -4.10. The topological polar surface area (TPSA) is 79.3 Å². The monoisotopic (exact) mass is 542 g/mol. The number of carbonyl (C=O) groups excluding carboxylic acids is 1. The standard InChI is InChI=1S/C33H38N2O5/c1-8-28(40-33(38)20(4)5)21-11-14-24(27(17-21)32(36)37)31-25-15-12-22(34(6)7)18-29(25)39-30-19-23(13-16-26(30)31)35(9-2)10-3/h11-19,23,28H,4,8-10H2,1-3,5-7H3,(H,36,37). The summed E-state index contributed by atoms with van der Waals surface area (Å²) in [6.45, 7) is 13.2. The molecule has 2 aromatic rings. The third-order valence-electron chi connectivity index (χ3n) is 7.41. The first-order chi connectivity index (χ1) is 19.1. The third-order valence-corrected chi connectivity index (χ3v) is 7.41. The van der Waals surface area contributed by atoms with Gasteiger partial charge in [-0.3, -0.25) is 4.90 Å². The summed E-state index contributed by atoms with van der Waals surface area (Å²) in [6.07, 6.45) is 6.19. The smallest absolute Gasteiger partial charge is 0.336 e. The molecular weight excluding hydrogens is 504 g/mol. The van der Waals surface area contributed by atoms with Crippen molar-refractivity contribution in [2.24, 2.45) is 0 Å². The van der Waals surface area contributed by atoms with E-state index in [2.05, 4.69) is 37.5 Å². The molecule has 0 aromatic heterocycles. The molecule has 2 aromatic carbocycles. The summed E-state index contributed by atoms with van der Waals surface area (Å²) < 4.78 is 12.1. The molecule has 0 radical (unpaired) electrons. The molecule has 7 heteroatoms. The molecule has 1 aliphatic carbocycles. The van der Waals surface area contributed by atoms with Crippen molar-refractivity contribution >= 4 is 23.2 Å². The van der Waals surface area contributed by atoms with Crippen LogP contribution >= 0.6 is 0 Å². The number of allylic oxidation sites excluding steroid dienone is 1. The van der Waals surface area contributed by atoms with Crippen molar-refractivity contribution in [3.8, 4) is 5.75 Å². The Morgan fingerprint density at radius 1 is 1.07 bits per heavy atom. The fourth-order valence-electron chi connectivity index (χ4n) is 5.15. The van der Waals surface area contributed by atoms with Gasteiger partial charge in [0.1, 0.15) is 17.6 Å². The first kappa shape index (κ1) is 28.9. The zero-order chi connectivity index (χ0) is 29.1. The number of hydrogen-bond acceptors (Lipinski definition) is 6. The summed E-state index contributed by atoms with van der Waals surface area (Å²) in [6, 6.07) is 11.3. The molecular formula is C33H38N2O5. The SMILES string of the molecule is C=C(C)C(=O)OC(CC)c1ccc(C2=C3C=CC(N(CC)CC)C=C3Oc3cc(N(C)C)ccc32)c(C(=O)O)c1. The van der Waals surface area contributed by atoms with E-state index in [-0.39, 0.29) is 11.6 Å². The highest BCUT2D eigenvalue weighted by Crippen LogP contribution is 2.45. The van der Waals surface area contributed by atoms with Gasteiger partial charge in [0, 0.05) is 48.1 Å². The first-order valence-corrected chi connectivity index (χ1v) is 13.7. The molecule has 40 heavy (non-hydrogen) atoms. The van der Waals surface area contributed by atoms with E-state index in [4.69, 9.17) is 9.47 Å². The van der Waals surface area contributed by atoms with Crippen molar-refractivity contribution in [1.29, 1.82) is 0 Å². The molecule has 1 aliphatic heterocycles. The molecule has 7 nitrogen and oxygen atoms in total. The summed E-state index contributed by atoms with van der Waals surface area (Å²) in [4.78, 5) is 29.2. The number of rotatable bonds is 10. The molecule has 0 bridgehead atoms. The molecule has 2 atom stereocenters. The Bertz CT molecular complexity index is 1430. The summed E-state index contributed by atoms with van der Waals surface area (Å²) in [5, 5.41) is 10.4. The van der Waals surface area contributed by atoms with E-state index < -0.39 is 18.0 Å². The predicted molar refractivity (Wildman–Crippen MR) is 159 cm³/mol. The van der Waals surface area contributed by atoms with Gasteiger partial charge in [0.25, 0.3) is 0 Å². The minimum absolute atomic E-state index is 0.0724. The van der Waals surface area contributed by atoms with Crippen molar-refractivity contribution in [2.45, 2.75) is 46.3 Å².